The van der Waals surface area contributed by atoms with Gasteiger partial charge in [-0.25, -0.2) is 13.1 Å². The van der Waals surface area contributed by atoms with Crippen LogP contribution in [0.4, 0.5) is 0 Å². The molecule has 0 bridgehead atoms. The molecular weight excluding hydrogens is 360 g/mol. The van der Waals surface area contributed by atoms with E-state index in [1.165, 1.54) is 13.1 Å². The molecule has 1 amide bonds. The number of amides is 1. The summed E-state index contributed by atoms with van der Waals surface area (Å²) in [6.07, 6.45) is 0.975. The maximum absolute atomic E-state index is 11.8. The number of benzene rings is 1. The Hall–Kier alpha value is -1.90. The van der Waals surface area contributed by atoms with E-state index in [1.54, 1.807) is 6.07 Å². The van der Waals surface area contributed by atoms with Crippen LogP contribution in [0.15, 0.2) is 40.6 Å². The number of ether oxygens (including phenoxy) is 1. The minimum atomic E-state index is -3.42. The molecule has 0 unspecified atom stereocenters. The van der Waals surface area contributed by atoms with Crippen molar-refractivity contribution in [3.05, 3.63) is 46.8 Å². The van der Waals surface area contributed by atoms with E-state index in [1.807, 2.05) is 31.2 Å². The molecule has 0 spiro atoms. The zero-order valence-electron chi connectivity index (χ0n) is 14.2. The first-order valence-corrected chi connectivity index (χ1v) is 10.2. The van der Waals surface area contributed by atoms with E-state index in [-0.39, 0.29) is 10.1 Å². The molecule has 6 nitrogen and oxygen atoms in total. The highest BCUT2D eigenvalue weighted by Gasteiger charge is 2.14. The molecule has 0 atom stereocenters. The van der Waals surface area contributed by atoms with Crippen molar-refractivity contribution in [3.63, 3.8) is 0 Å². The first kappa shape index (κ1) is 19.4. The first-order chi connectivity index (χ1) is 11.9. The minimum absolute atomic E-state index is 0.0840. The molecule has 0 aliphatic rings. The fraction of sp³-hybridized carbons (Fsp3) is 0.353. The van der Waals surface area contributed by atoms with E-state index in [0.717, 1.165) is 27.5 Å². The third-order valence-corrected chi connectivity index (χ3v) is 6.43. The third-order valence-electron chi connectivity index (χ3n) is 3.44. The van der Waals surface area contributed by atoms with Gasteiger partial charge in [0, 0.05) is 11.3 Å². The van der Waals surface area contributed by atoms with Crippen molar-refractivity contribution in [2.45, 2.75) is 30.5 Å². The van der Waals surface area contributed by atoms with Crippen LogP contribution in [0.1, 0.15) is 23.3 Å². The summed E-state index contributed by atoms with van der Waals surface area (Å²) in [7, 11) is -2.05. The summed E-state index contributed by atoms with van der Waals surface area (Å²) in [6, 6.07) is 11.0. The Kier molecular flexibility index (Phi) is 6.98. The number of thiophene rings is 1. The lowest BCUT2D eigenvalue weighted by Gasteiger charge is -2.07. The van der Waals surface area contributed by atoms with Crippen LogP contribution in [0.3, 0.4) is 0 Å². The van der Waals surface area contributed by atoms with E-state index >= 15 is 0 Å². The topological polar surface area (TPSA) is 84.5 Å². The predicted molar refractivity (Wildman–Crippen MR) is 98.3 cm³/mol. The number of aryl methyl sites for hydroxylation is 1. The highest BCUT2D eigenvalue weighted by atomic mass is 32.2. The van der Waals surface area contributed by atoms with Gasteiger partial charge in [-0.15, -0.1) is 11.3 Å². The predicted octanol–water partition coefficient (Wildman–Crippen LogP) is 2.44. The molecule has 1 aromatic carbocycles. The standard InChI is InChI=1S/C17H22N2O4S2/c1-13-5-3-6-14(11-13)23-10-4-7-16(20)19-12-15-8-9-17(24-15)25(21,22)18-2/h3,5-6,8-9,11,18H,4,7,10,12H2,1-2H3,(H,19,20). The summed E-state index contributed by atoms with van der Waals surface area (Å²) in [6.45, 7) is 2.79. The maximum Gasteiger partial charge on any atom is 0.249 e. The largest absolute Gasteiger partial charge is 0.494 e. The van der Waals surface area contributed by atoms with Gasteiger partial charge in [-0.05, 0) is 50.2 Å². The van der Waals surface area contributed by atoms with Crippen LogP contribution in [-0.2, 0) is 21.4 Å². The Morgan fingerprint density at radius 3 is 2.76 bits per heavy atom. The molecule has 2 rings (SSSR count). The van der Waals surface area contributed by atoms with Crippen LogP contribution >= 0.6 is 11.3 Å². The van der Waals surface area contributed by atoms with E-state index in [2.05, 4.69) is 10.0 Å². The van der Waals surface area contributed by atoms with Gasteiger partial charge in [-0.2, -0.15) is 0 Å². The Labute approximate surface area is 152 Å². The summed E-state index contributed by atoms with van der Waals surface area (Å²) in [5.74, 6) is 0.719. The average Bonchev–Trinajstić information content (AvgIpc) is 3.07. The molecule has 0 saturated carbocycles. The quantitative estimate of drug-likeness (QED) is 0.653. The molecule has 2 N–H and O–H groups in total. The number of rotatable bonds is 9. The number of sulfonamides is 1. The molecule has 0 saturated heterocycles. The van der Waals surface area contributed by atoms with Crippen LogP contribution in [0, 0.1) is 6.92 Å². The zero-order valence-corrected chi connectivity index (χ0v) is 15.9. The van der Waals surface area contributed by atoms with Crippen LogP contribution in [0.25, 0.3) is 0 Å². The molecule has 0 fully saturated rings. The Morgan fingerprint density at radius 1 is 1.24 bits per heavy atom. The number of hydrogen-bond donors (Lipinski definition) is 2. The van der Waals surface area contributed by atoms with Crippen LogP contribution in [0.5, 0.6) is 5.75 Å². The number of nitrogens with one attached hydrogen (secondary N) is 2. The molecule has 8 heteroatoms. The van der Waals surface area contributed by atoms with Crippen LogP contribution in [-0.4, -0.2) is 28.0 Å². The van der Waals surface area contributed by atoms with Gasteiger partial charge in [-0.1, -0.05) is 12.1 Å². The van der Waals surface area contributed by atoms with Crippen molar-refractivity contribution >= 4 is 27.3 Å². The SMILES string of the molecule is CNS(=O)(=O)c1ccc(CNC(=O)CCCOc2cccc(C)c2)s1. The molecular formula is C17H22N2O4S2. The second-order valence-electron chi connectivity index (χ2n) is 5.47. The Morgan fingerprint density at radius 2 is 2.04 bits per heavy atom. The molecule has 0 radical (unpaired) electrons. The zero-order chi connectivity index (χ0) is 18.3. The Bertz CT molecular complexity index is 816. The number of carbonyl (C=O) groups is 1. The van der Waals surface area contributed by atoms with E-state index in [4.69, 9.17) is 4.74 Å². The Balaban J connectivity index is 1.69. The van der Waals surface area contributed by atoms with Crippen molar-refractivity contribution in [2.75, 3.05) is 13.7 Å². The normalized spacial score (nSPS) is 11.3. The van der Waals surface area contributed by atoms with Crippen molar-refractivity contribution in [1.82, 2.24) is 10.0 Å². The van der Waals surface area contributed by atoms with Gasteiger partial charge in [0.1, 0.15) is 9.96 Å². The molecule has 1 heterocycles. The number of hydrogen-bond acceptors (Lipinski definition) is 5. The minimum Gasteiger partial charge on any atom is -0.494 e. The van der Waals surface area contributed by atoms with Gasteiger partial charge < -0.3 is 10.1 Å². The van der Waals surface area contributed by atoms with Crippen LogP contribution in [0.2, 0.25) is 0 Å². The second kappa shape index (κ2) is 8.98. The van der Waals surface area contributed by atoms with E-state index in [9.17, 15) is 13.2 Å². The monoisotopic (exact) mass is 382 g/mol. The molecule has 0 aliphatic heterocycles. The molecule has 136 valence electrons. The maximum atomic E-state index is 11.8. The second-order valence-corrected chi connectivity index (χ2v) is 8.76. The molecule has 25 heavy (non-hydrogen) atoms. The van der Waals surface area contributed by atoms with E-state index < -0.39 is 10.0 Å². The van der Waals surface area contributed by atoms with Crippen molar-refractivity contribution in [3.8, 4) is 5.75 Å². The van der Waals surface area contributed by atoms with Crippen molar-refractivity contribution < 1.29 is 17.9 Å². The molecule has 0 aliphatic carbocycles. The molecule has 1 aromatic heterocycles. The number of carbonyl (C=O) groups excluding carboxylic acids is 1. The highest BCUT2D eigenvalue weighted by Crippen LogP contribution is 2.21. The van der Waals surface area contributed by atoms with Gasteiger partial charge in [0.25, 0.3) is 0 Å². The van der Waals surface area contributed by atoms with Gasteiger partial charge >= 0.3 is 0 Å². The van der Waals surface area contributed by atoms with Gasteiger partial charge in [-0.3, -0.25) is 4.79 Å². The summed E-state index contributed by atoms with van der Waals surface area (Å²) in [5, 5.41) is 2.79. The lowest BCUT2D eigenvalue weighted by atomic mass is 10.2. The molecule has 2 aromatic rings. The van der Waals surface area contributed by atoms with Crippen molar-refractivity contribution in [1.29, 1.82) is 0 Å². The summed E-state index contributed by atoms with van der Waals surface area (Å²) in [5.41, 5.74) is 1.13. The smallest absolute Gasteiger partial charge is 0.249 e. The van der Waals surface area contributed by atoms with Gasteiger partial charge in [0.05, 0.1) is 13.2 Å². The lowest BCUT2D eigenvalue weighted by molar-refractivity contribution is -0.121. The third kappa shape index (κ3) is 6.15. The van der Waals surface area contributed by atoms with Crippen LogP contribution < -0.4 is 14.8 Å². The van der Waals surface area contributed by atoms with E-state index in [0.29, 0.717) is 26.0 Å². The van der Waals surface area contributed by atoms with Crippen molar-refractivity contribution in [2.24, 2.45) is 0 Å². The fourth-order valence-corrected chi connectivity index (χ4v) is 4.23. The summed E-state index contributed by atoms with van der Waals surface area (Å²) in [4.78, 5) is 12.6. The highest BCUT2D eigenvalue weighted by molar-refractivity contribution is 7.91. The van der Waals surface area contributed by atoms with Gasteiger partial charge in [0.15, 0.2) is 0 Å². The summed E-state index contributed by atoms with van der Waals surface area (Å²) >= 11 is 1.14. The first-order valence-electron chi connectivity index (χ1n) is 7.89. The average molecular weight is 383 g/mol. The lowest BCUT2D eigenvalue weighted by Crippen LogP contribution is -2.22. The summed E-state index contributed by atoms with van der Waals surface area (Å²) < 4.78 is 31.4. The van der Waals surface area contributed by atoms with Gasteiger partial charge in [0.2, 0.25) is 15.9 Å². The fourth-order valence-electron chi connectivity index (χ4n) is 2.10.